The van der Waals surface area contributed by atoms with E-state index >= 15 is 0 Å². The lowest BCUT2D eigenvalue weighted by molar-refractivity contribution is 0.102. The summed E-state index contributed by atoms with van der Waals surface area (Å²) in [7, 11) is 2.16. The Morgan fingerprint density at radius 3 is 2.55 bits per heavy atom. The van der Waals surface area contributed by atoms with Crippen LogP contribution in [0.25, 0.3) is 5.70 Å². The zero-order valence-corrected chi connectivity index (χ0v) is 22.0. The molecule has 4 N–H and O–H groups in total. The number of aliphatic imine (C=N–C) groups is 1. The molecule has 196 valence electrons. The fourth-order valence-electron chi connectivity index (χ4n) is 4.09. The van der Waals surface area contributed by atoms with Crippen molar-refractivity contribution in [1.82, 2.24) is 14.8 Å². The van der Waals surface area contributed by atoms with E-state index < -0.39 is 0 Å². The number of likely N-dealkylation sites (N-methyl/N-ethyl adjacent to an activating group) is 1. The van der Waals surface area contributed by atoms with Crippen molar-refractivity contribution in [2.45, 2.75) is 13.5 Å². The number of hydrogen-bond donors (Lipinski definition) is 3. The minimum absolute atomic E-state index is 0.154. The number of piperazine rings is 1. The molecule has 0 saturated carbocycles. The number of pyridine rings is 1. The number of nitrogens with zero attached hydrogens (tertiary/aromatic N) is 4. The van der Waals surface area contributed by atoms with E-state index in [0.717, 1.165) is 49.5 Å². The third-order valence-electron chi connectivity index (χ3n) is 6.47. The van der Waals surface area contributed by atoms with Crippen molar-refractivity contribution < 1.29 is 4.79 Å². The van der Waals surface area contributed by atoms with Gasteiger partial charge in [-0.3, -0.25) is 14.7 Å². The lowest BCUT2D eigenvalue weighted by atomic mass is 10.1. The van der Waals surface area contributed by atoms with Crippen LogP contribution < -0.4 is 16.4 Å². The van der Waals surface area contributed by atoms with Gasteiger partial charge in [0.1, 0.15) is 5.82 Å². The highest BCUT2D eigenvalue weighted by atomic mass is 16.1. The van der Waals surface area contributed by atoms with Crippen LogP contribution in [0.15, 0.2) is 90.5 Å². The van der Waals surface area contributed by atoms with E-state index in [1.165, 1.54) is 5.56 Å². The van der Waals surface area contributed by atoms with Gasteiger partial charge in [-0.15, -0.1) is 0 Å². The zero-order chi connectivity index (χ0) is 26.9. The topological polar surface area (TPSA) is 98.9 Å². The largest absolute Gasteiger partial charge is 0.398 e. The molecule has 0 atom stereocenters. The number of anilines is 2. The Hall–Kier alpha value is -4.27. The number of carbonyl (C=O) groups is 1. The average Bonchev–Trinajstić information content (AvgIpc) is 2.92. The monoisotopic (exact) mass is 509 g/mol. The summed E-state index contributed by atoms with van der Waals surface area (Å²) in [4.78, 5) is 26.0. The van der Waals surface area contributed by atoms with Gasteiger partial charge in [-0.25, -0.2) is 4.99 Å². The van der Waals surface area contributed by atoms with Crippen molar-refractivity contribution in [3.8, 4) is 0 Å². The molecule has 0 spiro atoms. The van der Waals surface area contributed by atoms with Crippen LogP contribution in [0.2, 0.25) is 0 Å². The molecule has 1 amide bonds. The summed E-state index contributed by atoms with van der Waals surface area (Å²) in [5.41, 5.74) is 11.8. The number of hydrogen-bond acceptors (Lipinski definition) is 7. The summed E-state index contributed by atoms with van der Waals surface area (Å²) < 4.78 is 0. The van der Waals surface area contributed by atoms with Crippen LogP contribution in [0.3, 0.4) is 0 Å². The molecule has 8 heteroatoms. The molecule has 1 fully saturated rings. The summed E-state index contributed by atoms with van der Waals surface area (Å²) >= 11 is 0. The van der Waals surface area contributed by atoms with Crippen molar-refractivity contribution in [2.75, 3.05) is 43.9 Å². The van der Waals surface area contributed by atoms with Crippen molar-refractivity contribution in [3.63, 3.8) is 0 Å². The Morgan fingerprint density at radius 1 is 1.08 bits per heavy atom. The molecule has 1 saturated heterocycles. The van der Waals surface area contributed by atoms with Gasteiger partial charge in [0, 0.05) is 79.5 Å². The average molecular weight is 510 g/mol. The van der Waals surface area contributed by atoms with Crippen LogP contribution in [-0.2, 0) is 6.54 Å². The van der Waals surface area contributed by atoms with E-state index in [9.17, 15) is 4.79 Å². The van der Waals surface area contributed by atoms with Crippen LogP contribution in [0.5, 0.6) is 0 Å². The molecular formula is C30H35N7O. The van der Waals surface area contributed by atoms with E-state index in [2.05, 4.69) is 44.0 Å². The predicted octanol–water partition coefficient (Wildman–Crippen LogP) is 4.34. The highest BCUT2D eigenvalue weighted by Gasteiger charge is 2.14. The van der Waals surface area contributed by atoms with Gasteiger partial charge in [0.15, 0.2) is 0 Å². The smallest absolute Gasteiger partial charge is 0.255 e. The second-order valence-corrected chi connectivity index (χ2v) is 9.47. The Kier molecular flexibility index (Phi) is 9.02. The first-order valence-electron chi connectivity index (χ1n) is 12.7. The Bertz CT molecular complexity index is 1310. The van der Waals surface area contributed by atoms with E-state index in [-0.39, 0.29) is 5.91 Å². The SMILES string of the molecule is C=C(N=C/C=C(\N)c1cccnc1)Nc1cc(NC(=O)c2ccc(CN3CCN(C)CC3)cc2)ccc1C. The van der Waals surface area contributed by atoms with Gasteiger partial charge >= 0.3 is 0 Å². The molecule has 8 nitrogen and oxygen atoms in total. The molecule has 2 heterocycles. The lowest BCUT2D eigenvalue weighted by Gasteiger charge is -2.32. The van der Waals surface area contributed by atoms with Crippen LogP contribution in [0, 0.1) is 6.92 Å². The van der Waals surface area contributed by atoms with E-state index in [0.29, 0.717) is 22.8 Å². The molecule has 1 aromatic heterocycles. The van der Waals surface area contributed by atoms with Gasteiger partial charge in [-0.05, 0) is 67.6 Å². The van der Waals surface area contributed by atoms with E-state index in [4.69, 9.17) is 5.73 Å². The second-order valence-electron chi connectivity index (χ2n) is 9.47. The number of amides is 1. The summed E-state index contributed by atoms with van der Waals surface area (Å²) in [6, 6.07) is 17.2. The van der Waals surface area contributed by atoms with Crippen LogP contribution in [0.1, 0.15) is 27.0 Å². The van der Waals surface area contributed by atoms with Crippen molar-refractivity contribution in [2.24, 2.45) is 10.7 Å². The third-order valence-corrected chi connectivity index (χ3v) is 6.47. The predicted molar refractivity (Wildman–Crippen MR) is 156 cm³/mol. The Morgan fingerprint density at radius 2 is 1.84 bits per heavy atom. The van der Waals surface area contributed by atoms with Crippen molar-refractivity contribution in [3.05, 3.63) is 108 Å². The molecule has 1 aliphatic heterocycles. The maximum absolute atomic E-state index is 12.9. The first-order chi connectivity index (χ1) is 18.4. The molecule has 0 aliphatic carbocycles. The molecule has 3 aromatic rings. The van der Waals surface area contributed by atoms with E-state index in [1.807, 2.05) is 61.5 Å². The number of benzene rings is 2. The summed E-state index contributed by atoms with van der Waals surface area (Å²) in [6.45, 7) is 11.2. The fraction of sp³-hybridized carbons (Fsp3) is 0.233. The fourth-order valence-corrected chi connectivity index (χ4v) is 4.09. The van der Waals surface area contributed by atoms with Crippen LogP contribution in [-0.4, -0.2) is 60.1 Å². The van der Waals surface area contributed by atoms with Gasteiger partial charge in [0.05, 0.1) is 0 Å². The molecule has 38 heavy (non-hydrogen) atoms. The molecule has 0 unspecified atom stereocenters. The van der Waals surface area contributed by atoms with Gasteiger partial charge in [-0.2, -0.15) is 0 Å². The molecular weight excluding hydrogens is 474 g/mol. The summed E-state index contributed by atoms with van der Waals surface area (Å²) in [5.74, 6) is 0.293. The van der Waals surface area contributed by atoms with Gasteiger partial charge in [-0.1, -0.05) is 24.8 Å². The zero-order valence-electron chi connectivity index (χ0n) is 22.0. The molecule has 1 aliphatic rings. The minimum atomic E-state index is -0.154. The Labute approximate surface area is 224 Å². The highest BCUT2D eigenvalue weighted by molar-refractivity contribution is 6.04. The lowest BCUT2D eigenvalue weighted by Crippen LogP contribution is -2.43. The van der Waals surface area contributed by atoms with Crippen molar-refractivity contribution in [1.29, 1.82) is 0 Å². The molecule has 0 radical (unpaired) electrons. The van der Waals surface area contributed by atoms with Gasteiger partial charge < -0.3 is 21.3 Å². The normalized spacial score (nSPS) is 14.9. The summed E-state index contributed by atoms with van der Waals surface area (Å²) in [5, 5.41) is 6.18. The number of rotatable bonds is 9. The van der Waals surface area contributed by atoms with Crippen LogP contribution >= 0.6 is 0 Å². The number of aromatic nitrogens is 1. The number of aryl methyl sites for hydroxylation is 1. The third kappa shape index (κ3) is 7.61. The second kappa shape index (κ2) is 12.8. The van der Waals surface area contributed by atoms with E-state index in [1.54, 1.807) is 24.7 Å². The first-order valence-corrected chi connectivity index (χ1v) is 12.7. The number of carbonyl (C=O) groups excluding carboxylic acids is 1. The minimum Gasteiger partial charge on any atom is -0.398 e. The maximum Gasteiger partial charge on any atom is 0.255 e. The van der Waals surface area contributed by atoms with Crippen LogP contribution in [0.4, 0.5) is 11.4 Å². The highest BCUT2D eigenvalue weighted by Crippen LogP contribution is 2.22. The van der Waals surface area contributed by atoms with Gasteiger partial charge in [0.2, 0.25) is 0 Å². The number of nitrogens with one attached hydrogen (secondary N) is 2. The molecule has 0 bridgehead atoms. The van der Waals surface area contributed by atoms with Gasteiger partial charge in [0.25, 0.3) is 5.91 Å². The number of allylic oxidation sites excluding steroid dienone is 1. The Balaban J connectivity index is 1.33. The summed E-state index contributed by atoms with van der Waals surface area (Å²) in [6.07, 6.45) is 6.68. The van der Waals surface area contributed by atoms with Crippen molar-refractivity contribution >= 4 is 29.2 Å². The molecule has 4 rings (SSSR count). The standard InChI is InChI=1S/C30H35N7O/c1-22-6-11-27(19-29(22)34-23(2)33-14-12-28(31)26-5-4-13-32-20-26)35-30(38)25-9-7-24(8-10-25)21-37-17-15-36(3)16-18-37/h4-14,19-20,34H,2,15-18,21,31H2,1,3H3,(H,35,38)/b28-12-,33-14?. The maximum atomic E-state index is 12.9. The molecule has 2 aromatic carbocycles. The first kappa shape index (κ1) is 26.8. The number of nitrogens with two attached hydrogens (primary N) is 1. The quantitative estimate of drug-likeness (QED) is 0.371.